The van der Waals surface area contributed by atoms with Gasteiger partial charge >= 0.3 is 0 Å². The van der Waals surface area contributed by atoms with Gasteiger partial charge in [0.15, 0.2) is 0 Å². The molecule has 6 heteroatoms. The van der Waals surface area contributed by atoms with E-state index >= 15 is 0 Å². The summed E-state index contributed by atoms with van der Waals surface area (Å²) in [6.45, 7) is 2.32. The van der Waals surface area contributed by atoms with Gasteiger partial charge in [-0.25, -0.2) is 0 Å². The largest absolute Gasteiger partial charge is 0.393 e. The van der Waals surface area contributed by atoms with E-state index in [2.05, 4.69) is 5.32 Å². The van der Waals surface area contributed by atoms with Crippen LogP contribution in [-0.2, 0) is 0 Å². The van der Waals surface area contributed by atoms with Gasteiger partial charge in [0.2, 0.25) is 0 Å². The van der Waals surface area contributed by atoms with Gasteiger partial charge in [0.25, 0.3) is 5.69 Å². The van der Waals surface area contributed by atoms with Gasteiger partial charge in [-0.15, -0.1) is 0 Å². The van der Waals surface area contributed by atoms with Crippen LogP contribution in [0, 0.1) is 23.0 Å². The van der Waals surface area contributed by atoms with Crippen molar-refractivity contribution in [2.75, 3.05) is 11.9 Å². The number of rotatable bonds is 4. The molecule has 0 amide bonds. The molecule has 5 nitrogen and oxygen atoms in total. The highest BCUT2D eigenvalue weighted by Crippen LogP contribution is 2.31. The van der Waals surface area contributed by atoms with E-state index < -0.39 is 4.92 Å². The molecular formula is C13H17ClN2O3. The topological polar surface area (TPSA) is 75.4 Å². The molecule has 0 aromatic heterocycles. The van der Waals surface area contributed by atoms with Crippen LogP contribution in [-0.4, -0.2) is 22.7 Å². The Hall–Kier alpha value is -1.33. The molecule has 1 aliphatic rings. The first-order valence-corrected chi connectivity index (χ1v) is 6.73. The van der Waals surface area contributed by atoms with Gasteiger partial charge in [0.1, 0.15) is 0 Å². The van der Waals surface area contributed by atoms with Crippen LogP contribution in [0.4, 0.5) is 11.4 Å². The molecule has 1 saturated carbocycles. The van der Waals surface area contributed by atoms with Crippen LogP contribution in [0.1, 0.15) is 24.8 Å². The lowest BCUT2D eigenvalue weighted by molar-refractivity contribution is -0.385. The first-order valence-electron chi connectivity index (χ1n) is 6.35. The summed E-state index contributed by atoms with van der Waals surface area (Å²) in [6.07, 6.45) is 2.63. The number of aliphatic hydroxyl groups is 1. The minimum absolute atomic E-state index is 0.0245. The normalized spacial score (nSPS) is 22.5. The summed E-state index contributed by atoms with van der Waals surface area (Å²) in [7, 11) is 0. The maximum atomic E-state index is 10.8. The van der Waals surface area contributed by atoms with Crippen LogP contribution >= 0.6 is 11.6 Å². The Labute approximate surface area is 116 Å². The summed E-state index contributed by atoms with van der Waals surface area (Å²) in [5, 5.41) is 24.0. The van der Waals surface area contributed by atoms with Crippen LogP contribution in [0.15, 0.2) is 12.1 Å². The van der Waals surface area contributed by atoms with Crippen molar-refractivity contribution in [3.8, 4) is 0 Å². The van der Waals surface area contributed by atoms with Gasteiger partial charge in [-0.3, -0.25) is 10.1 Å². The molecule has 0 aliphatic heterocycles. The summed E-state index contributed by atoms with van der Waals surface area (Å²) in [4.78, 5) is 10.3. The smallest absolute Gasteiger partial charge is 0.273 e. The van der Waals surface area contributed by atoms with Crippen molar-refractivity contribution in [3.63, 3.8) is 0 Å². The molecule has 104 valence electrons. The van der Waals surface area contributed by atoms with E-state index in [1.807, 2.05) is 0 Å². The van der Waals surface area contributed by atoms with Crippen molar-refractivity contribution in [1.82, 2.24) is 0 Å². The summed E-state index contributed by atoms with van der Waals surface area (Å²) >= 11 is 6.04. The van der Waals surface area contributed by atoms with Gasteiger partial charge in [-0.05, 0) is 25.8 Å². The minimum Gasteiger partial charge on any atom is -0.393 e. The molecule has 2 unspecified atom stereocenters. The molecule has 0 radical (unpaired) electrons. The number of nitrogens with zero attached hydrogens (tertiary/aromatic N) is 1. The van der Waals surface area contributed by atoms with Crippen molar-refractivity contribution in [2.24, 2.45) is 5.92 Å². The predicted molar refractivity (Wildman–Crippen MR) is 74.7 cm³/mol. The van der Waals surface area contributed by atoms with Crippen LogP contribution in [0.5, 0.6) is 0 Å². The number of hydrogen-bond donors (Lipinski definition) is 2. The highest BCUT2D eigenvalue weighted by molar-refractivity contribution is 6.33. The highest BCUT2D eigenvalue weighted by Gasteiger charge is 2.25. The van der Waals surface area contributed by atoms with Gasteiger partial charge in [-0.1, -0.05) is 18.0 Å². The van der Waals surface area contributed by atoms with Gasteiger partial charge in [-0.2, -0.15) is 0 Å². The van der Waals surface area contributed by atoms with Gasteiger partial charge < -0.3 is 10.4 Å². The van der Waals surface area contributed by atoms with Crippen molar-refractivity contribution < 1.29 is 10.0 Å². The fourth-order valence-electron chi connectivity index (χ4n) is 2.50. The summed E-state index contributed by atoms with van der Waals surface area (Å²) in [6, 6.07) is 3.05. The molecule has 2 rings (SSSR count). The quantitative estimate of drug-likeness (QED) is 0.658. The lowest BCUT2D eigenvalue weighted by Crippen LogP contribution is -2.22. The molecule has 1 aromatic carbocycles. The number of benzene rings is 1. The van der Waals surface area contributed by atoms with E-state index in [1.165, 1.54) is 6.07 Å². The van der Waals surface area contributed by atoms with Crippen molar-refractivity contribution in [1.29, 1.82) is 0 Å². The molecule has 1 aromatic rings. The fourth-order valence-corrected chi connectivity index (χ4v) is 2.72. The van der Waals surface area contributed by atoms with Gasteiger partial charge in [0, 0.05) is 24.1 Å². The van der Waals surface area contributed by atoms with Crippen LogP contribution in [0.3, 0.4) is 0 Å². The lowest BCUT2D eigenvalue weighted by atomic mass is 10.1. The zero-order valence-electron chi connectivity index (χ0n) is 10.7. The van der Waals surface area contributed by atoms with Crippen molar-refractivity contribution >= 4 is 23.0 Å². The standard InChI is InChI=1S/C13H17ClN2O3/c1-8-5-11(10(14)6-12(8)16(18)19)15-7-9-3-2-4-13(9)17/h5-6,9,13,15,17H,2-4,7H2,1H3. The Morgan fingerprint density at radius 3 is 2.84 bits per heavy atom. The monoisotopic (exact) mass is 284 g/mol. The third kappa shape index (κ3) is 3.16. The Morgan fingerprint density at radius 1 is 1.53 bits per heavy atom. The average Bonchev–Trinajstić information content (AvgIpc) is 2.75. The maximum absolute atomic E-state index is 10.8. The van der Waals surface area contributed by atoms with Crippen LogP contribution in [0.2, 0.25) is 5.02 Å². The van der Waals surface area contributed by atoms with E-state index in [0.29, 0.717) is 22.8 Å². The van der Waals surface area contributed by atoms with Crippen molar-refractivity contribution in [2.45, 2.75) is 32.3 Å². The zero-order chi connectivity index (χ0) is 14.0. The Bertz CT molecular complexity index is 493. The summed E-state index contributed by atoms with van der Waals surface area (Å²) < 4.78 is 0. The number of aryl methyl sites for hydroxylation is 1. The number of nitrogens with one attached hydrogen (secondary N) is 1. The first-order chi connectivity index (χ1) is 8.99. The van der Waals surface area contributed by atoms with Crippen LogP contribution < -0.4 is 5.32 Å². The fraction of sp³-hybridized carbons (Fsp3) is 0.538. The Kier molecular flexibility index (Phi) is 4.27. The predicted octanol–water partition coefficient (Wildman–Crippen LogP) is 3.13. The molecule has 0 bridgehead atoms. The molecular weight excluding hydrogens is 268 g/mol. The molecule has 0 saturated heterocycles. The number of nitro benzene ring substituents is 1. The van der Waals surface area contributed by atoms with E-state index in [1.54, 1.807) is 13.0 Å². The van der Waals surface area contributed by atoms with Gasteiger partial charge in [0.05, 0.1) is 21.7 Å². The molecule has 1 fully saturated rings. The van der Waals surface area contributed by atoms with Crippen LogP contribution in [0.25, 0.3) is 0 Å². The van der Waals surface area contributed by atoms with Crippen molar-refractivity contribution in [3.05, 3.63) is 32.8 Å². The maximum Gasteiger partial charge on any atom is 0.273 e. The molecule has 0 heterocycles. The molecule has 2 atom stereocenters. The number of anilines is 1. The molecule has 1 aliphatic carbocycles. The van der Waals surface area contributed by atoms with E-state index in [-0.39, 0.29) is 17.7 Å². The van der Waals surface area contributed by atoms with E-state index in [0.717, 1.165) is 19.3 Å². The lowest BCUT2D eigenvalue weighted by Gasteiger charge is -2.17. The first kappa shape index (κ1) is 14.1. The second-order valence-corrected chi connectivity index (χ2v) is 5.42. The Morgan fingerprint density at radius 2 is 2.26 bits per heavy atom. The van der Waals surface area contributed by atoms with E-state index in [9.17, 15) is 15.2 Å². The Balaban J connectivity index is 2.08. The number of halogens is 1. The average molecular weight is 285 g/mol. The third-order valence-electron chi connectivity index (χ3n) is 3.66. The highest BCUT2D eigenvalue weighted by atomic mass is 35.5. The SMILES string of the molecule is Cc1cc(NCC2CCCC2O)c(Cl)cc1[N+](=O)[O-]. The molecule has 19 heavy (non-hydrogen) atoms. The minimum atomic E-state index is -0.439. The third-order valence-corrected chi connectivity index (χ3v) is 3.97. The number of hydrogen-bond acceptors (Lipinski definition) is 4. The van der Waals surface area contributed by atoms with E-state index in [4.69, 9.17) is 11.6 Å². The number of aliphatic hydroxyl groups excluding tert-OH is 1. The summed E-state index contributed by atoms with van der Waals surface area (Å²) in [5.74, 6) is 0.228. The molecule has 0 spiro atoms. The second kappa shape index (κ2) is 5.75. The molecule has 2 N–H and O–H groups in total. The number of nitro groups is 1. The zero-order valence-corrected chi connectivity index (χ0v) is 11.5. The second-order valence-electron chi connectivity index (χ2n) is 5.01. The summed E-state index contributed by atoms with van der Waals surface area (Å²) in [5.41, 5.74) is 1.28.